The Morgan fingerprint density at radius 1 is 1.00 bits per heavy atom. The van der Waals surface area contributed by atoms with E-state index in [1.54, 1.807) is 56.6 Å². The molecule has 0 aliphatic rings. The highest BCUT2D eigenvalue weighted by Crippen LogP contribution is 2.26. The number of rotatable bonds is 4. The van der Waals surface area contributed by atoms with Crippen LogP contribution in [0.2, 0.25) is 0 Å². The SMILES string of the molecule is COc1ccc2cc(S(=O)(=O)Nc3ccc4c(c3)sc(=O)n4C)ccc2c1. The summed E-state index contributed by atoms with van der Waals surface area (Å²) in [6.07, 6.45) is 0. The normalized spacial score (nSPS) is 11.8. The molecule has 0 bridgehead atoms. The van der Waals surface area contributed by atoms with Crippen molar-refractivity contribution < 1.29 is 13.2 Å². The van der Waals surface area contributed by atoms with E-state index in [1.165, 1.54) is 4.57 Å². The van der Waals surface area contributed by atoms with E-state index >= 15 is 0 Å². The first-order chi connectivity index (χ1) is 12.9. The number of nitrogens with one attached hydrogen (secondary N) is 1. The van der Waals surface area contributed by atoms with Crippen LogP contribution in [-0.2, 0) is 17.1 Å². The van der Waals surface area contributed by atoms with Crippen molar-refractivity contribution in [3.05, 3.63) is 64.3 Å². The standard InChI is InChI=1S/C19H16N2O4S2/c1-21-17-8-5-14(11-18(17)26-19(21)22)20-27(23,24)16-7-4-12-9-15(25-2)6-3-13(12)10-16/h3-11,20H,1-2H3. The molecule has 0 spiro atoms. The van der Waals surface area contributed by atoms with Crippen LogP contribution in [-0.4, -0.2) is 20.1 Å². The van der Waals surface area contributed by atoms with E-state index in [4.69, 9.17) is 4.74 Å². The molecule has 3 aromatic carbocycles. The van der Waals surface area contributed by atoms with Gasteiger partial charge in [0.1, 0.15) is 5.75 Å². The van der Waals surface area contributed by atoms with Gasteiger partial charge in [-0.05, 0) is 53.2 Å². The van der Waals surface area contributed by atoms with Crippen molar-refractivity contribution in [2.75, 3.05) is 11.8 Å². The van der Waals surface area contributed by atoms with Crippen molar-refractivity contribution in [3.8, 4) is 5.75 Å². The Bertz CT molecular complexity index is 1340. The Balaban J connectivity index is 1.70. The lowest BCUT2D eigenvalue weighted by Gasteiger charge is -2.10. The van der Waals surface area contributed by atoms with Crippen LogP contribution in [0.15, 0.2) is 64.3 Å². The topological polar surface area (TPSA) is 77.4 Å². The van der Waals surface area contributed by atoms with E-state index in [2.05, 4.69) is 4.72 Å². The minimum absolute atomic E-state index is 0.0880. The number of aromatic nitrogens is 1. The number of hydrogen-bond donors (Lipinski definition) is 1. The Morgan fingerprint density at radius 3 is 2.52 bits per heavy atom. The number of nitrogens with zero attached hydrogens (tertiary/aromatic N) is 1. The minimum Gasteiger partial charge on any atom is -0.497 e. The van der Waals surface area contributed by atoms with Crippen LogP contribution in [0.5, 0.6) is 5.75 Å². The van der Waals surface area contributed by atoms with Crippen LogP contribution >= 0.6 is 11.3 Å². The van der Waals surface area contributed by atoms with Gasteiger partial charge in [0.2, 0.25) is 0 Å². The van der Waals surface area contributed by atoms with Crippen molar-refractivity contribution in [2.24, 2.45) is 7.05 Å². The van der Waals surface area contributed by atoms with Gasteiger partial charge in [0, 0.05) is 7.05 Å². The summed E-state index contributed by atoms with van der Waals surface area (Å²) in [4.78, 5) is 11.8. The quantitative estimate of drug-likeness (QED) is 0.568. The first kappa shape index (κ1) is 17.6. The second-order valence-electron chi connectivity index (χ2n) is 6.09. The van der Waals surface area contributed by atoms with Gasteiger partial charge in [-0.3, -0.25) is 9.52 Å². The number of anilines is 1. The van der Waals surface area contributed by atoms with Crippen molar-refractivity contribution >= 4 is 48.0 Å². The van der Waals surface area contributed by atoms with Gasteiger partial charge in [-0.2, -0.15) is 0 Å². The summed E-state index contributed by atoms with van der Waals surface area (Å²) in [5.41, 5.74) is 1.19. The highest BCUT2D eigenvalue weighted by atomic mass is 32.2. The Morgan fingerprint density at radius 2 is 1.74 bits per heavy atom. The molecule has 0 saturated heterocycles. The summed E-state index contributed by atoms with van der Waals surface area (Å²) in [5.74, 6) is 0.714. The van der Waals surface area contributed by atoms with Crippen molar-refractivity contribution in [1.29, 1.82) is 0 Å². The molecule has 6 nitrogen and oxygen atoms in total. The van der Waals surface area contributed by atoms with E-state index in [0.717, 1.165) is 32.3 Å². The summed E-state index contributed by atoms with van der Waals surface area (Å²) in [6.45, 7) is 0. The minimum atomic E-state index is -3.75. The van der Waals surface area contributed by atoms with Crippen LogP contribution in [0.4, 0.5) is 5.69 Å². The van der Waals surface area contributed by atoms with E-state index in [0.29, 0.717) is 11.4 Å². The van der Waals surface area contributed by atoms with Gasteiger partial charge in [0.15, 0.2) is 0 Å². The first-order valence-corrected chi connectivity index (χ1v) is 10.4. The average molecular weight is 400 g/mol. The molecule has 4 aromatic rings. The van der Waals surface area contributed by atoms with Crippen LogP contribution in [0, 0.1) is 0 Å². The molecule has 0 radical (unpaired) electrons. The number of ether oxygens (including phenoxy) is 1. The van der Waals surface area contributed by atoms with E-state index in [-0.39, 0.29) is 9.77 Å². The molecule has 0 atom stereocenters. The Labute approximate surface area is 159 Å². The largest absolute Gasteiger partial charge is 0.497 e. The first-order valence-electron chi connectivity index (χ1n) is 8.07. The molecule has 1 N–H and O–H groups in total. The van der Waals surface area contributed by atoms with E-state index < -0.39 is 10.0 Å². The smallest absolute Gasteiger partial charge is 0.307 e. The molecular formula is C19H16N2O4S2. The van der Waals surface area contributed by atoms with Crippen molar-refractivity contribution in [2.45, 2.75) is 4.90 Å². The van der Waals surface area contributed by atoms with Crippen LogP contribution in [0.25, 0.3) is 21.0 Å². The fourth-order valence-electron chi connectivity index (χ4n) is 2.91. The summed E-state index contributed by atoms with van der Waals surface area (Å²) in [5, 5.41) is 1.69. The molecule has 0 amide bonds. The van der Waals surface area contributed by atoms with Gasteiger partial charge < -0.3 is 9.30 Å². The summed E-state index contributed by atoms with van der Waals surface area (Å²) < 4.78 is 35.6. The number of sulfonamides is 1. The van der Waals surface area contributed by atoms with Gasteiger partial charge in [-0.15, -0.1) is 0 Å². The molecule has 8 heteroatoms. The highest BCUT2D eigenvalue weighted by molar-refractivity contribution is 7.92. The third-order valence-electron chi connectivity index (χ3n) is 4.37. The van der Waals surface area contributed by atoms with Gasteiger partial charge in [-0.1, -0.05) is 23.5 Å². The maximum Gasteiger partial charge on any atom is 0.307 e. The molecule has 0 unspecified atom stereocenters. The van der Waals surface area contributed by atoms with Crippen molar-refractivity contribution in [1.82, 2.24) is 4.57 Å². The molecule has 1 aromatic heterocycles. The third kappa shape index (κ3) is 3.17. The monoisotopic (exact) mass is 400 g/mol. The average Bonchev–Trinajstić information content (AvgIpc) is 2.94. The molecule has 0 fully saturated rings. The Hall–Kier alpha value is -2.84. The van der Waals surface area contributed by atoms with E-state index in [1.807, 2.05) is 12.1 Å². The maximum atomic E-state index is 12.8. The number of aryl methyl sites for hydroxylation is 1. The van der Waals surface area contributed by atoms with Crippen LogP contribution < -0.4 is 14.3 Å². The molecule has 4 rings (SSSR count). The Kier molecular flexibility index (Phi) is 4.16. The predicted molar refractivity (Wildman–Crippen MR) is 108 cm³/mol. The van der Waals surface area contributed by atoms with Gasteiger partial charge in [-0.25, -0.2) is 8.42 Å². The fourth-order valence-corrected chi connectivity index (χ4v) is 4.91. The molecule has 138 valence electrons. The number of methoxy groups -OCH3 is 1. The summed E-state index contributed by atoms with van der Waals surface area (Å²) >= 11 is 1.08. The second-order valence-corrected chi connectivity index (χ2v) is 8.77. The lowest BCUT2D eigenvalue weighted by Crippen LogP contribution is -2.12. The maximum absolute atomic E-state index is 12.8. The lowest BCUT2D eigenvalue weighted by atomic mass is 10.1. The number of fused-ring (bicyclic) bond motifs is 2. The second kappa shape index (κ2) is 6.40. The summed E-state index contributed by atoms with van der Waals surface area (Å²) in [7, 11) is -0.477. The van der Waals surface area contributed by atoms with E-state index in [9.17, 15) is 13.2 Å². The molecular weight excluding hydrogens is 384 g/mol. The molecule has 0 saturated carbocycles. The zero-order valence-corrected chi connectivity index (χ0v) is 16.2. The number of hydrogen-bond acceptors (Lipinski definition) is 5. The number of benzene rings is 3. The molecule has 0 aliphatic heterocycles. The third-order valence-corrected chi connectivity index (χ3v) is 6.75. The zero-order valence-electron chi connectivity index (χ0n) is 14.6. The van der Waals surface area contributed by atoms with Gasteiger partial charge in [0.05, 0.1) is 27.9 Å². The predicted octanol–water partition coefficient (Wildman–Crippen LogP) is 3.56. The zero-order chi connectivity index (χ0) is 19.2. The molecule has 1 heterocycles. The van der Waals surface area contributed by atoms with Crippen LogP contribution in [0.3, 0.4) is 0 Å². The molecule has 27 heavy (non-hydrogen) atoms. The van der Waals surface area contributed by atoms with Gasteiger partial charge in [0.25, 0.3) is 10.0 Å². The molecule has 0 aliphatic carbocycles. The fraction of sp³-hybridized carbons (Fsp3) is 0.105. The lowest BCUT2D eigenvalue weighted by molar-refractivity contribution is 0.415. The highest BCUT2D eigenvalue weighted by Gasteiger charge is 2.16. The number of thiazole rings is 1. The van der Waals surface area contributed by atoms with Crippen molar-refractivity contribution in [3.63, 3.8) is 0 Å². The van der Waals surface area contributed by atoms with Crippen LogP contribution in [0.1, 0.15) is 0 Å². The van der Waals surface area contributed by atoms with Gasteiger partial charge >= 0.3 is 4.87 Å². The summed E-state index contributed by atoms with van der Waals surface area (Å²) in [6, 6.07) is 15.4.